The number of hydrogen-bond donors (Lipinski definition) is 2. The number of anilines is 1. The van der Waals surface area contributed by atoms with Gasteiger partial charge in [0.25, 0.3) is 5.60 Å². The quantitative estimate of drug-likeness (QED) is 0.0612. The molecule has 3 aromatic rings. The monoisotopic (exact) mass is 967 g/mol. The van der Waals surface area contributed by atoms with Gasteiger partial charge in [-0.3, -0.25) is 24.3 Å². The molecule has 2 N–H and O–H groups in total. The van der Waals surface area contributed by atoms with Crippen molar-refractivity contribution in [1.29, 1.82) is 0 Å². The van der Waals surface area contributed by atoms with Crippen molar-refractivity contribution < 1.29 is 47.9 Å². The normalized spacial score (nSPS) is 36.5. The van der Waals surface area contributed by atoms with Crippen molar-refractivity contribution in [3.63, 3.8) is 0 Å². The standard InChI is InChI=1S/C53H69N5O10S/c1-8-48(62)29-34-30-50(46(60)64-6,43-36(14-19-57(31-34)32-48)37-26-35(12-13-40(37)54-43)69-25-11-17-56-21-23-66-24-22-56)39-27-38-41(28-42(39)63-5)55(4)53-51(38)16-20-58-18-10-15-49(9-2,44(51)58)45(67-33(3)59)52(53,68-53)47(61)65-7/h10,12-13,15,26-28,34,44-45,54,62H,8-9,11,14,16-25,29-32H2,1-7H3/t34-,44+,45-,48+,49-,50+,51-,52+,53+/m1/s1. The number of carbonyl (C=O) groups excluding carboxylic acids is 3. The van der Waals surface area contributed by atoms with Crippen LogP contribution in [0.25, 0.3) is 10.9 Å². The SMILES string of the molecule is CC[C@]1(O)C[C@H]2CN(CCc3c([nH]c4ccc(SCCCN5CCOCC5)cc34)[C@@](C(=O)OC)(c3cc4c(cc3OC)N(C)[C@@]35O[C@]3(C(=O)OC)[C@H](OC(C)=O)[C@]3(CC)C=CCN6CC[C@]45[C@@H]63)C2)C1. The Kier molecular flexibility index (Phi) is 11.6. The number of nitrogens with zero attached hydrogens (tertiary/aromatic N) is 4. The van der Waals surface area contributed by atoms with Gasteiger partial charge in [-0.15, -0.1) is 11.8 Å². The Morgan fingerprint density at radius 2 is 1.77 bits per heavy atom. The molecule has 0 radical (unpaired) electrons. The molecule has 372 valence electrons. The van der Waals surface area contributed by atoms with Crippen LogP contribution in [0.4, 0.5) is 5.69 Å². The molecule has 1 unspecified atom stereocenters. The number of piperidine rings is 1. The van der Waals surface area contributed by atoms with Crippen molar-refractivity contribution in [2.75, 3.05) is 105 Å². The van der Waals surface area contributed by atoms with Crippen LogP contribution in [0, 0.1) is 11.3 Å². The van der Waals surface area contributed by atoms with Gasteiger partial charge < -0.3 is 43.4 Å². The number of benzene rings is 2. The van der Waals surface area contributed by atoms with Crippen LogP contribution < -0.4 is 9.64 Å². The van der Waals surface area contributed by atoms with E-state index in [1.165, 1.54) is 26.0 Å². The minimum absolute atomic E-state index is 0.0982. The Morgan fingerprint density at radius 3 is 2.49 bits per heavy atom. The van der Waals surface area contributed by atoms with Gasteiger partial charge in [0.05, 0.1) is 45.6 Å². The van der Waals surface area contributed by atoms with E-state index in [2.05, 4.69) is 67.9 Å². The van der Waals surface area contributed by atoms with Crippen LogP contribution in [-0.2, 0) is 55.3 Å². The second-order valence-corrected chi connectivity index (χ2v) is 22.3. The van der Waals surface area contributed by atoms with E-state index in [-0.39, 0.29) is 12.0 Å². The molecule has 0 amide bonds. The van der Waals surface area contributed by atoms with Crippen LogP contribution in [0.5, 0.6) is 5.75 Å². The number of fused-ring (bicyclic) bond motifs is 6. The highest BCUT2D eigenvalue weighted by molar-refractivity contribution is 7.99. The fourth-order valence-corrected chi connectivity index (χ4v) is 16.2. The Balaban J connectivity index is 1.12. The molecule has 8 aliphatic rings. The van der Waals surface area contributed by atoms with Gasteiger partial charge in [-0.25, -0.2) is 4.79 Å². The number of epoxide rings is 1. The summed E-state index contributed by atoms with van der Waals surface area (Å²) in [7, 11) is 6.44. The van der Waals surface area contributed by atoms with E-state index in [1.54, 1.807) is 7.11 Å². The number of thioether (sulfide) groups is 1. The molecule has 1 aliphatic carbocycles. The lowest BCUT2D eigenvalue weighted by molar-refractivity contribution is -0.178. The number of carbonyl (C=O) groups is 3. The lowest BCUT2D eigenvalue weighted by atomic mass is 9.49. The molecule has 15 nitrogen and oxygen atoms in total. The Bertz CT molecular complexity index is 2600. The zero-order chi connectivity index (χ0) is 48.3. The summed E-state index contributed by atoms with van der Waals surface area (Å²) in [5, 5.41) is 13.3. The average molecular weight is 968 g/mol. The fourth-order valence-electron chi connectivity index (χ4n) is 15.3. The largest absolute Gasteiger partial charge is 0.496 e. The topological polar surface area (TPSA) is 159 Å². The molecule has 2 bridgehead atoms. The highest BCUT2D eigenvalue weighted by Crippen LogP contribution is 2.80. The van der Waals surface area contributed by atoms with Gasteiger partial charge >= 0.3 is 17.9 Å². The van der Waals surface area contributed by atoms with Crippen molar-refractivity contribution in [2.24, 2.45) is 11.3 Å². The molecule has 8 heterocycles. The number of morpholine rings is 1. The van der Waals surface area contributed by atoms with Crippen molar-refractivity contribution >= 4 is 46.3 Å². The number of aromatic amines is 1. The van der Waals surface area contributed by atoms with Crippen molar-refractivity contribution in [2.45, 2.75) is 111 Å². The maximum absolute atomic E-state index is 15.7. The van der Waals surface area contributed by atoms with Gasteiger partial charge in [0.1, 0.15) is 11.2 Å². The first-order valence-electron chi connectivity index (χ1n) is 25.2. The van der Waals surface area contributed by atoms with Crippen LogP contribution in [0.3, 0.4) is 0 Å². The smallest absolute Gasteiger partial charge is 0.347 e. The number of methoxy groups -OCH3 is 3. The number of hydrogen-bond acceptors (Lipinski definition) is 15. The number of esters is 3. The first kappa shape index (κ1) is 47.2. The molecule has 2 spiro atoms. The fraction of sp³-hybridized carbons (Fsp3) is 0.642. The van der Waals surface area contributed by atoms with Crippen LogP contribution in [-0.4, -0.2) is 171 Å². The van der Waals surface area contributed by atoms with Crippen LogP contribution in [0.15, 0.2) is 47.4 Å². The lowest BCUT2D eigenvalue weighted by Gasteiger charge is -2.58. The van der Waals surface area contributed by atoms with Crippen molar-refractivity contribution in [3.05, 3.63) is 64.9 Å². The summed E-state index contributed by atoms with van der Waals surface area (Å²) >= 11 is 1.86. The number of H-pyrrole nitrogens is 1. The van der Waals surface area contributed by atoms with E-state index in [4.69, 9.17) is 28.4 Å². The molecule has 1 saturated carbocycles. The summed E-state index contributed by atoms with van der Waals surface area (Å²) < 4.78 is 37.4. The molecule has 16 heteroatoms. The zero-order valence-electron chi connectivity index (χ0n) is 41.3. The molecular formula is C53H69N5O10S. The average Bonchev–Trinajstić information content (AvgIpc) is 3.60. The van der Waals surface area contributed by atoms with E-state index < -0.39 is 57.2 Å². The predicted molar refractivity (Wildman–Crippen MR) is 261 cm³/mol. The summed E-state index contributed by atoms with van der Waals surface area (Å²) in [5.74, 6) is -0.123. The van der Waals surface area contributed by atoms with Crippen LogP contribution >= 0.6 is 11.8 Å². The second-order valence-electron chi connectivity index (χ2n) is 21.2. The van der Waals surface area contributed by atoms with E-state index in [9.17, 15) is 14.7 Å². The summed E-state index contributed by atoms with van der Waals surface area (Å²) in [5.41, 5.74) is -1.83. The Labute approximate surface area is 409 Å². The minimum atomic E-state index is -1.67. The molecule has 69 heavy (non-hydrogen) atoms. The molecule has 2 aromatic carbocycles. The first-order chi connectivity index (χ1) is 33.3. The van der Waals surface area contributed by atoms with E-state index in [0.29, 0.717) is 82.6 Å². The maximum atomic E-state index is 15.7. The summed E-state index contributed by atoms with van der Waals surface area (Å²) in [6, 6.07) is 10.6. The third-order valence-corrected chi connectivity index (χ3v) is 19.2. The zero-order valence-corrected chi connectivity index (χ0v) is 42.1. The predicted octanol–water partition coefficient (Wildman–Crippen LogP) is 5.17. The van der Waals surface area contributed by atoms with Crippen LogP contribution in [0.1, 0.15) is 81.7 Å². The van der Waals surface area contributed by atoms with Crippen molar-refractivity contribution in [1.82, 2.24) is 19.7 Å². The molecule has 11 rings (SSSR count). The lowest BCUT2D eigenvalue weighted by Crippen LogP contribution is -2.75. The first-order valence-corrected chi connectivity index (χ1v) is 26.2. The maximum Gasteiger partial charge on any atom is 0.347 e. The molecule has 1 aromatic heterocycles. The van der Waals surface area contributed by atoms with Gasteiger partial charge in [0.2, 0.25) is 0 Å². The van der Waals surface area contributed by atoms with E-state index in [1.807, 2.05) is 31.8 Å². The Morgan fingerprint density at radius 1 is 0.971 bits per heavy atom. The van der Waals surface area contributed by atoms with Gasteiger partial charge in [-0.1, -0.05) is 26.0 Å². The summed E-state index contributed by atoms with van der Waals surface area (Å²) in [6.07, 6.45) is 7.67. The van der Waals surface area contributed by atoms with Crippen LogP contribution in [0.2, 0.25) is 0 Å². The second kappa shape index (κ2) is 17.0. The summed E-state index contributed by atoms with van der Waals surface area (Å²) in [4.78, 5) is 58.1. The Hall–Kier alpha value is -4.16. The van der Waals surface area contributed by atoms with E-state index >= 15 is 4.79 Å². The number of likely N-dealkylation sites (N-methyl/N-ethyl adjacent to an activating group) is 1. The van der Waals surface area contributed by atoms with Gasteiger partial charge in [-0.05, 0) is 105 Å². The van der Waals surface area contributed by atoms with E-state index in [0.717, 1.165) is 78.4 Å². The van der Waals surface area contributed by atoms with Gasteiger partial charge in [0.15, 0.2) is 11.8 Å². The number of aliphatic hydroxyl groups is 1. The minimum Gasteiger partial charge on any atom is -0.496 e. The third-order valence-electron chi connectivity index (χ3n) is 18.1. The number of ether oxygens (including phenoxy) is 6. The molecule has 10 atom stereocenters. The third kappa shape index (κ3) is 6.43. The molecule has 5 fully saturated rings. The molecular weight excluding hydrogens is 899 g/mol. The molecule has 4 saturated heterocycles. The summed E-state index contributed by atoms with van der Waals surface area (Å²) in [6.45, 7) is 13.5. The number of nitrogens with one attached hydrogen (secondary N) is 1. The van der Waals surface area contributed by atoms with Crippen molar-refractivity contribution in [3.8, 4) is 5.75 Å². The highest BCUT2D eigenvalue weighted by atomic mass is 32.2. The van der Waals surface area contributed by atoms with Gasteiger partial charge in [0, 0.05) is 104 Å². The van der Waals surface area contributed by atoms with Gasteiger partial charge in [-0.2, -0.15) is 0 Å². The molecule has 7 aliphatic heterocycles. The highest BCUT2D eigenvalue weighted by Gasteiger charge is 2.98. The number of rotatable bonds is 12. The number of aromatic nitrogens is 1.